The molecule has 6 heteroatoms. The second kappa shape index (κ2) is 8.05. The van der Waals surface area contributed by atoms with Crippen molar-refractivity contribution in [3.63, 3.8) is 0 Å². The Bertz CT molecular complexity index is 381. The molecule has 1 aromatic rings. The summed E-state index contributed by atoms with van der Waals surface area (Å²) in [5.74, 6) is -0.167. The molecule has 1 heterocycles. The number of nitrogens with one attached hydrogen (secondary N) is 2. The van der Waals surface area contributed by atoms with Gasteiger partial charge in [-0.2, -0.15) is 0 Å². The predicted molar refractivity (Wildman–Crippen MR) is 66.2 cm³/mol. The number of carbonyl (C=O) groups is 2. The molecule has 98 valence electrons. The van der Waals surface area contributed by atoms with E-state index >= 15 is 0 Å². The van der Waals surface area contributed by atoms with Gasteiger partial charge in [0.15, 0.2) is 0 Å². The number of amides is 2. The van der Waals surface area contributed by atoms with Crippen LogP contribution in [0.1, 0.15) is 23.7 Å². The van der Waals surface area contributed by atoms with E-state index in [1.165, 1.54) is 6.20 Å². The lowest BCUT2D eigenvalue weighted by Crippen LogP contribution is -2.30. The fraction of sp³-hybridized carbons (Fsp3) is 0.417. The lowest BCUT2D eigenvalue weighted by molar-refractivity contribution is 0.0953. The van der Waals surface area contributed by atoms with Crippen molar-refractivity contribution in [2.75, 3.05) is 19.7 Å². The van der Waals surface area contributed by atoms with E-state index in [-0.39, 0.29) is 5.91 Å². The number of ether oxygens (including phenoxy) is 1. The summed E-state index contributed by atoms with van der Waals surface area (Å²) in [4.78, 5) is 26.4. The molecule has 0 unspecified atom stereocenters. The summed E-state index contributed by atoms with van der Waals surface area (Å²) in [6, 6.07) is 3.40. The minimum absolute atomic E-state index is 0.167. The first-order valence-corrected chi connectivity index (χ1v) is 5.83. The highest BCUT2D eigenvalue weighted by Crippen LogP contribution is 1.94. The second-order valence-corrected chi connectivity index (χ2v) is 3.50. The SMILES string of the molecule is CCOC(=O)NCCCNC(=O)c1cccnc1. The fourth-order valence-corrected chi connectivity index (χ4v) is 1.26. The molecule has 0 bridgehead atoms. The summed E-state index contributed by atoms with van der Waals surface area (Å²) in [5, 5.41) is 5.31. The van der Waals surface area contributed by atoms with Crippen LogP contribution in [-0.4, -0.2) is 36.7 Å². The first kappa shape index (κ1) is 14.0. The molecule has 0 radical (unpaired) electrons. The van der Waals surface area contributed by atoms with Crippen molar-refractivity contribution in [1.29, 1.82) is 0 Å². The zero-order chi connectivity index (χ0) is 13.2. The summed E-state index contributed by atoms with van der Waals surface area (Å²) in [7, 11) is 0. The van der Waals surface area contributed by atoms with Crippen LogP contribution in [0.5, 0.6) is 0 Å². The average molecular weight is 251 g/mol. The Kier molecular flexibility index (Phi) is 6.24. The van der Waals surface area contributed by atoms with Crippen molar-refractivity contribution in [1.82, 2.24) is 15.6 Å². The Hall–Kier alpha value is -2.11. The first-order chi connectivity index (χ1) is 8.74. The van der Waals surface area contributed by atoms with Crippen LogP contribution >= 0.6 is 0 Å². The molecule has 2 N–H and O–H groups in total. The highest BCUT2D eigenvalue weighted by Gasteiger charge is 2.04. The quantitative estimate of drug-likeness (QED) is 0.738. The number of hydrogen-bond acceptors (Lipinski definition) is 4. The first-order valence-electron chi connectivity index (χ1n) is 5.83. The van der Waals surface area contributed by atoms with E-state index in [1.807, 2.05) is 0 Å². The van der Waals surface area contributed by atoms with Crippen LogP contribution in [0.25, 0.3) is 0 Å². The number of carbonyl (C=O) groups excluding carboxylic acids is 2. The van der Waals surface area contributed by atoms with Gasteiger partial charge in [0.1, 0.15) is 0 Å². The van der Waals surface area contributed by atoms with Gasteiger partial charge in [-0.3, -0.25) is 9.78 Å². The molecule has 1 rings (SSSR count). The monoisotopic (exact) mass is 251 g/mol. The maximum Gasteiger partial charge on any atom is 0.407 e. The van der Waals surface area contributed by atoms with Gasteiger partial charge < -0.3 is 15.4 Å². The molecule has 0 saturated carbocycles. The molecule has 2 amide bonds. The molecule has 0 fully saturated rings. The van der Waals surface area contributed by atoms with Crippen molar-refractivity contribution in [2.45, 2.75) is 13.3 Å². The molecule has 0 aliphatic rings. The Balaban J connectivity index is 2.11. The van der Waals surface area contributed by atoms with Gasteiger partial charge in [0.25, 0.3) is 5.91 Å². The van der Waals surface area contributed by atoms with E-state index in [0.29, 0.717) is 31.7 Å². The Morgan fingerprint density at radius 2 is 2.11 bits per heavy atom. The highest BCUT2D eigenvalue weighted by molar-refractivity contribution is 5.93. The van der Waals surface area contributed by atoms with Crippen LogP contribution in [0.4, 0.5) is 4.79 Å². The molecule has 0 saturated heterocycles. The highest BCUT2D eigenvalue weighted by atomic mass is 16.5. The third-order valence-electron chi connectivity index (χ3n) is 2.11. The molecule has 18 heavy (non-hydrogen) atoms. The number of pyridine rings is 1. The number of rotatable bonds is 6. The van der Waals surface area contributed by atoms with Gasteiger partial charge >= 0.3 is 6.09 Å². The number of nitrogens with zero attached hydrogens (tertiary/aromatic N) is 1. The molecule has 0 atom stereocenters. The van der Waals surface area contributed by atoms with Gasteiger partial charge in [-0.1, -0.05) is 0 Å². The minimum Gasteiger partial charge on any atom is -0.450 e. The summed E-state index contributed by atoms with van der Waals surface area (Å²) in [6.07, 6.45) is 3.33. The van der Waals surface area contributed by atoms with Crippen LogP contribution in [0, 0.1) is 0 Å². The summed E-state index contributed by atoms with van der Waals surface area (Å²) in [5.41, 5.74) is 0.524. The maximum absolute atomic E-state index is 11.6. The zero-order valence-electron chi connectivity index (χ0n) is 10.3. The fourth-order valence-electron chi connectivity index (χ4n) is 1.26. The summed E-state index contributed by atoms with van der Waals surface area (Å²) < 4.78 is 4.69. The topological polar surface area (TPSA) is 80.3 Å². The van der Waals surface area contributed by atoms with Crippen molar-refractivity contribution < 1.29 is 14.3 Å². The van der Waals surface area contributed by atoms with E-state index < -0.39 is 6.09 Å². The Labute approximate surface area is 106 Å². The zero-order valence-corrected chi connectivity index (χ0v) is 10.3. The van der Waals surface area contributed by atoms with Gasteiger partial charge in [-0.25, -0.2) is 4.79 Å². The van der Waals surface area contributed by atoms with Crippen molar-refractivity contribution in [3.8, 4) is 0 Å². The van der Waals surface area contributed by atoms with Gasteiger partial charge in [0, 0.05) is 25.5 Å². The lowest BCUT2D eigenvalue weighted by atomic mass is 10.2. The number of alkyl carbamates (subject to hydrolysis) is 1. The van der Waals surface area contributed by atoms with E-state index in [9.17, 15) is 9.59 Å². The van der Waals surface area contributed by atoms with Crippen LogP contribution in [0.3, 0.4) is 0 Å². The largest absolute Gasteiger partial charge is 0.450 e. The summed E-state index contributed by atoms with van der Waals surface area (Å²) in [6.45, 7) is 3.05. The molecule has 0 aliphatic heterocycles. The molecule has 0 aliphatic carbocycles. The van der Waals surface area contributed by atoms with Crippen LogP contribution in [0.15, 0.2) is 24.5 Å². The number of hydrogen-bond donors (Lipinski definition) is 2. The van der Waals surface area contributed by atoms with E-state index in [4.69, 9.17) is 4.74 Å². The molecular weight excluding hydrogens is 234 g/mol. The standard InChI is InChI=1S/C12H17N3O3/c1-2-18-12(17)15-8-4-7-14-11(16)10-5-3-6-13-9-10/h3,5-6,9H,2,4,7-8H2,1H3,(H,14,16)(H,15,17). The second-order valence-electron chi connectivity index (χ2n) is 3.50. The molecule has 6 nitrogen and oxygen atoms in total. The van der Waals surface area contributed by atoms with Crippen molar-refractivity contribution in [3.05, 3.63) is 30.1 Å². The van der Waals surface area contributed by atoms with Crippen molar-refractivity contribution in [2.24, 2.45) is 0 Å². The molecular formula is C12H17N3O3. The third kappa shape index (κ3) is 5.29. The van der Waals surface area contributed by atoms with E-state index in [1.54, 1.807) is 25.3 Å². The van der Waals surface area contributed by atoms with Crippen LogP contribution in [0.2, 0.25) is 0 Å². The normalized spacial score (nSPS) is 9.61. The Morgan fingerprint density at radius 3 is 2.78 bits per heavy atom. The maximum atomic E-state index is 11.6. The molecule has 0 spiro atoms. The van der Waals surface area contributed by atoms with E-state index in [0.717, 1.165) is 0 Å². The molecule has 1 aromatic heterocycles. The van der Waals surface area contributed by atoms with Crippen LogP contribution in [-0.2, 0) is 4.74 Å². The third-order valence-corrected chi connectivity index (χ3v) is 2.11. The average Bonchev–Trinajstić information content (AvgIpc) is 2.39. The van der Waals surface area contributed by atoms with Crippen molar-refractivity contribution >= 4 is 12.0 Å². The Morgan fingerprint density at radius 1 is 1.33 bits per heavy atom. The number of aromatic nitrogens is 1. The van der Waals surface area contributed by atoms with Gasteiger partial charge in [-0.15, -0.1) is 0 Å². The van der Waals surface area contributed by atoms with Gasteiger partial charge in [-0.05, 0) is 25.5 Å². The van der Waals surface area contributed by atoms with Gasteiger partial charge in [0.05, 0.1) is 12.2 Å². The van der Waals surface area contributed by atoms with Crippen LogP contribution < -0.4 is 10.6 Å². The smallest absolute Gasteiger partial charge is 0.407 e. The minimum atomic E-state index is -0.434. The van der Waals surface area contributed by atoms with E-state index in [2.05, 4.69) is 15.6 Å². The predicted octanol–water partition coefficient (Wildman–Crippen LogP) is 0.948. The molecule has 0 aromatic carbocycles. The van der Waals surface area contributed by atoms with Gasteiger partial charge in [0.2, 0.25) is 0 Å². The summed E-state index contributed by atoms with van der Waals surface area (Å²) >= 11 is 0. The lowest BCUT2D eigenvalue weighted by Gasteiger charge is -2.06.